The Bertz CT molecular complexity index is 1660. The summed E-state index contributed by atoms with van der Waals surface area (Å²) in [5.74, 6) is -0.969. The number of carbonyl (C=O) groups excluding carboxylic acids is 3. The molecule has 422 valence electrons. The summed E-state index contributed by atoms with van der Waals surface area (Å²) in [5, 5.41) is 0. The molecule has 0 aromatic heterocycles. The summed E-state index contributed by atoms with van der Waals surface area (Å²) in [6, 6.07) is 0. The van der Waals surface area contributed by atoms with E-state index in [1.165, 1.54) is 64.2 Å². The fraction of sp³-hybridized carbons (Fsp3) is 0.609. The molecule has 0 aromatic rings. The lowest BCUT2D eigenvalue weighted by atomic mass is 10.1. The Morgan fingerprint density at radius 3 is 0.773 bits per heavy atom. The molecule has 75 heavy (non-hydrogen) atoms. The van der Waals surface area contributed by atoms with Crippen molar-refractivity contribution in [1.82, 2.24) is 0 Å². The largest absolute Gasteiger partial charge is 0.462 e. The normalized spacial score (nSPS) is 13.2. The monoisotopic (exact) mass is 1030 g/mol. The van der Waals surface area contributed by atoms with Crippen LogP contribution in [0.25, 0.3) is 0 Å². The molecule has 0 amide bonds. The molecule has 6 nitrogen and oxygen atoms in total. The van der Waals surface area contributed by atoms with Gasteiger partial charge in [0.05, 0.1) is 0 Å². The number of hydrogen-bond acceptors (Lipinski definition) is 6. The molecule has 0 rings (SSSR count). The highest BCUT2D eigenvalue weighted by atomic mass is 16.6. The van der Waals surface area contributed by atoms with Gasteiger partial charge in [0.1, 0.15) is 13.2 Å². The van der Waals surface area contributed by atoms with Crippen LogP contribution in [0.3, 0.4) is 0 Å². The average molecular weight is 1040 g/mol. The van der Waals surface area contributed by atoms with Crippen molar-refractivity contribution >= 4 is 17.9 Å². The molecular weight excluding hydrogens is 925 g/mol. The molecule has 0 aromatic carbocycles. The van der Waals surface area contributed by atoms with E-state index in [1.54, 1.807) is 0 Å². The molecule has 6 heteroatoms. The van der Waals surface area contributed by atoms with Gasteiger partial charge in [-0.25, -0.2) is 0 Å². The van der Waals surface area contributed by atoms with Crippen LogP contribution in [0, 0.1) is 0 Å². The van der Waals surface area contributed by atoms with Gasteiger partial charge in [-0.1, -0.05) is 244 Å². The summed E-state index contributed by atoms with van der Waals surface area (Å²) in [5.41, 5.74) is 0. The third-order valence-corrected chi connectivity index (χ3v) is 12.3. The van der Waals surface area contributed by atoms with E-state index in [9.17, 15) is 14.4 Å². The van der Waals surface area contributed by atoms with E-state index in [0.29, 0.717) is 25.7 Å². The molecule has 0 bridgehead atoms. The van der Waals surface area contributed by atoms with Crippen molar-refractivity contribution in [2.24, 2.45) is 0 Å². The topological polar surface area (TPSA) is 78.9 Å². The van der Waals surface area contributed by atoms with Gasteiger partial charge in [0.2, 0.25) is 0 Å². The van der Waals surface area contributed by atoms with Crippen LogP contribution in [0.1, 0.15) is 252 Å². The first-order valence-electron chi connectivity index (χ1n) is 30.3. The highest BCUT2D eigenvalue weighted by molar-refractivity contribution is 5.71. The maximum Gasteiger partial charge on any atom is 0.306 e. The number of unbranched alkanes of at least 4 members (excludes halogenated alkanes) is 18. The van der Waals surface area contributed by atoms with Gasteiger partial charge in [-0.15, -0.1) is 0 Å². The zero-order valence-corrected chi connectivity index (χ0v) is 48.3. The van der Waals surface area contributed by atoms with Gasteiger partial charge < -0.3 is 14.2 Å². The lowest BCUT2D eigenvalue weighted by molar-refractivity contribution is -0.167. The Balaban J connectivity index is 4.46. The molecule has 0 N–H and O–H groups in total. The third-order valence-electron chi connectivity index (χ3n) is 12.3. The molecule has 0 radical (unpaired) electrons. The molecule has 0 aliphatic carbocycles. The number of allylic oxidation sites excluding steroid dienone is 24. The number of hydrogen-bond donors (Lipinski definition) is 0. The summed E-state index contributed by atoms with van der Waals surface area (Å²) < 4.78 is 16.9. The second kappa shape index (κ2) is 61.8. The minimum absolute atomic E-state index is 0.105. The Labute approximate surface area is 461 Å². The van der Waals surface area contributed by atoms with Crippen LogP contribution in [0.15, 0.2) is 146 Å². The van der Waals surface area contributed by atoms with Gasteiger partial charge in [0.15, 0.2) is 6.10 Å². The molecule has 0 saturated heterocycles. The fourth-order valence-corrected chi connectivity index (χ4v) is 7.89. The molecule has 1 atom stereocenters. The van der Waals surface area contributed by atoms with Crippen molar-refractivity contribution in [3.05, 3.63) is 146 Å². The quantitative estimate of drug-likeness (QED) is 0.0261. The van der Waals surface area contributed by atoms with Crippen LogP contribution in [0.5, 0.6) is 0 Å². The Kier molecular flexibility index (Phi) is 58.0. The van der Waals surface area contributed by atoms with E-state index in [2.05, 4.69) is 167 Å². The molecular formula is C69H110O6. The molecule has 0 saturated carbocycles. The van der Waals surface area contributed by atoms with Crippen LogP contribution in [-0.4, -0.2) is 37.2 Å². The highest BCUT2D eigenvalue weighted by Crippen LogP contribution is 2.15. The molecule has 0 aliphatic rings. The number of esters is 3. The van der Waals surface area contributed by atoms with Crippen molar-refractivity contribution in [2.75, 3.05) is 13.2 Å². The van der Waals surface area contributed by atoms with Crippen molar-refractivity contribution in [2.45, 2.75) is 258 Å². The Morgan fingerprint density at radius 1 is 0.267 bits per heavy atom. The van der Waals surface area contributed by atoms with E-state index < -0.39 is 6.10 Å². The third kappa shape index (κ3) is 60.0. The summed E-state index contributed by atoms with van der Waals surface area (Å²) in [4.78, 5) is 38.3. The van der Waals surface area contributed by atoms with E-state index in [4.69, 9.17) is 14.2 Å². The summed E-state index contributed by atoms with van der Waals surface area (Å²) >= 11 is 0. The van der Waals surface area contributed by atoms with Crippen molar-refractivity contribution in [3.8, 4) is 0 Å². The van der Waals surface area contributed by atoms with Crippen molar-refractivity contribution in [1.29, 1.82) is 0 Å². The summed E-state index contributed by atoms with van der Waals surface area (Å²) in [7, 11) is 0. The molecule has 0 aliphatic heterocycles. The smallest absolute Gasteiger partial charge is 0.306 e. The lowest BCUT2D eigenvalue weighted by Gasteiger charge is -2.18. The summed E-state index contributed by atoms with van der Waals surface area (Å²) in [6.45, 7) is 6.25. The first-order chi connectivity index (χ1) is 37.0. The zero-order chi connectivity index (χ0) is 54.3. The second-order valence-electron chi connectivity index (χ2n) is 19.5. The highest BCUT2D eigenvalue weighted by Gasteiger charge is 2.19. The lowest BCUT2D eigenvalue weighted by Crippen LogP contribution is -2.30. The fourth-order valence-electron chi connectivity index (χ4n) is 7.89. The minimum Gasteiger partial charge on any atom is -0.462 e. The molecule has 0 heterocycles. The predicted octanol–water partition coefficient (Wildman–Crippen LogP) is 20.8. The predicted molar refractivity (Wildman–Crippen MR) is 325 cm³/mol. The zero-order valence-electron chi connectivity index (χ0n) is 48.3. The van der Waals surface area contributed by atoms with Gasteiger partial charge in [0.25, 0.3) is 0 Å². The molecule has 0 spiro atoms. The van der Waals surface area contributed by atoms with E-state index in [1.807, 2.05) is 0 Å². The van der Waals surface area contributed by atoms with E-state index in [-0.39, 0.29) is 31.1 Å². The molecule has 1 unspecified atom stereocenters. The van der Waals surface area contributed by atoms with Crippen LogP contribution in [-0.2, 0) is 28.6 Å². The molecule has 0 fully saturated rings. The van der Waals surface area contributed by atoms with Crippen molar-refractivity contribution < 1.29 is 28.6 Å². The standard InChI is InChI=1S/C69H110O6/c1-4-7-10-13-16-19-22-25-28-30-32-33-34-35-37-38-41-44-47-50-53-56-59-62-68(71)74-65-66(64-73-67(70)61-58-55-52-49-46-43-40-27-24-21-18-15-12-9-6-3)75-69(72)63-60-57-54-51-48-45-42-39-36-31-29-26-23-20-17-14-11-8-5-2/h7-12,16-21,25-29,32-33,36,39-40,46,49,66H,4-6,13-15,22-24,30-31,34-35,37-38,41-45,47-48,50-65H2,1-3H3/b10-7-,11-8-,12-9-,19-16-,20-17-,21-18-,28-25-,29-26-,33-32-,39-36-,40-27-,49-46-. The first kappa shape index (κ1) is 70.3. The minimum atomic E-state index is -0.812. The maximum atomic E-state index is 12.9. The van der Waals surface area contributed by atoms with Gasteiger partial charge in [-0.2, -0.15) is 0 Å². The Hall–Kier alpha value is -4.71. The van der Waals surface area contributed by atoms with E-state index >= 15 is 0 Å². The van der Waals surface area contributed by atoms with Crippen LogP contribution < -0.4 is 0 Å². The second-order valence-corrected chi connectivity index (χ2v) is 19.5. The van der Waals surface area contributed by atoms with Crippen LogP contribution in [0.4, 0.5) is 0 Å². The average Bonchev–Trinajstić information content (AvgIpc) is 3.41. The van der Waals surface area contributed by atoms with Crippen LogP contribution in [0.2, 0.25) is 0 Å². The van der Waals surface area contributed by atoms with Gasteiger partial charge in [0, 0.05) is 19.3 Å². The van der Waals surface area contributed by atoms with E-state index in [0.717, 1.165) is 141 Å². The number of ether oxygens (including phenoxy) is 3. The maximum absolute atomic E-state index is 12.9. The van der Waals surface area contributed by atoms with Gasteiger partial charge in [-0.05, 0) is 135 Å². The SMILES string of the molecule is CC/C=C\C/C=C\C/C=C\C/C=C\CCCCCCCCCCCCC(=O)OCC(COC(=O)CCCC/C=C\C/C=C\C/C=C\C/C=C\CC)OC(=O)CCCCCCCC/C=C\C/C=C\C/C=C\C/C=C\CC. The van der Waals surface area contributed by atoms with Crippen LogP contribution >= 0.6 is 0 Å². The summed E-state index contributed by atoms with van der Waals surface area (Å²) in [6.07, 6.45) is 88.4. The first-order valence-corrected chi connectivity index (χ1v) is 30.3. The number of carbonyl (C=O) groups is 3. The number of rotatable bonds is 53. The van der Waals surface area contributed by atoms with Gasteiger partial charge >= 0.3 is 17.9 Å². The van der Waals surface area contributed by atoms with Crippen molar-refractivity contribution in [3.63, 3.8) is 0 Å². The van der Waals surface area contributed by atoms with Gasteiger partial charge in [-0.3, -0.25) is 14.4 Å². The Morgan fingerprint density at radius 2 is 0.480 bits per heavy atom.